The van der Waals surface area contributed by atoms with Gasteiger partial charge in [-0.3, -0.25) is 14.5 Å². The minimum absolute atomic E-state index is 0.102. The van der Waals surface area contributed by atoms with Crippen molar-refractivity contribution in [3.8, 4) is 0 Å². The highest BCUT2D eigenvalue weighted by Crippen LogP contribution is 2.37. The summed E-state index contributed by atoms with van der Waals surface area (Å²) in [7, 11) is 0. The monoisotopic (exact) mass is 239 g/mol. The Hall–Kier alpha value is -1.59. The van der Waals surface area contributed by atoms with E-state index in [-0.39, 0.29) is 18.4 Å². The van der Waals surface area contributed by atoms with Crippen LogP contribution in [-0.4, -0.2) is 34.8 Å². The number of amides is 4. The van der Waals surface area contributed by atoms with E-state index in [9.17, 15) is 14.4 Å². The lowest BCUT2D eigenvalue weighted by molar-refractivity contribution is -0.136. The largest absolute Gasteiger partial charge is 0.368 e. The molecule has 6 heteroatoms. The molecule has 1 heterocycles. The standard InChI is InChI=1S/C11H17N3O3/c1-7-4-2-3-5-11(7)9(16)14(6-8(12)15)10(17)13-11/h7H,2-6H2,1H3,(H2,12,15)(H,13,17)/t7-,11-/m1/s1. The predicted molar refractivity (Wildman–Crippen MR) is 59.8 cm³/mol. The molecule has 0 bridgehead atoms. The van der Waals surface area contributed by atoms with Gasteiger partial charge in [0.1, 0.15) is 12.1 Å². The molecule has 1 saturated heterocycles. The van der Waals surface area contributed by atoms with Crippen LogP contribution in [0.2, 0.25) is 0 Å². The van der Waals surface area contributed by atoms with Crippen LogP contribution in [-0.2, 0) is 9.59 Å². The third-order valence-electron chi connectivity index (χ3n) is 3.82. The fourth-order valence-corrected chi connectivity index (χ4v) is 2.79. The zero-order valence-electron chi connectivity index (χ0n) is 9.86. The first-order valence-electron chi connectivity index (χ1n) is 5.90. The maximum Gasteiger partial charge on any atom is 0.325 e. The molecule has 1 spiro atoms. The lowest BCUT2D eigenvalue weighted by Crippen LogP contribution is -2.54. The Morgan fingerprint density at radius 2 is 2.24 bits per heavy atom. The maximum absolute atomic E-state index is 12.3. The number of nitrogens with zero attached hydrogens (tertiary/aromatic N) is 1. The van der Waals surface area contributed by atoms with Crippen molar-refractivity contribution < 1.29 is 14.4 Å². The molecule has 3 N–H and O–H groups in total. The number of carbonyl (C=O) groups is 3. The number of rotatable bonds is 2. The summed E-state index contributed by atoms with van der Waals surface area (Å²) < 4.78 is 0. The quantitative estimate of drug-likeness (QED) is 0.663. The summed E-state index contributed by atoms with van der Waals surface area (Å²) >= 11 is 0. The molecule has 2 aliphatic rings. The molecule has 2 rings (SSSR count). The van der Waals surface area contributed by atoms with Crippen molar-refractivity contribution in [2.75, 3.05) is 6.54 Å². The summed E-state index contributed by atoms with van der Waals surface area (Å²) in [6, 6.07) is -0.498. The summed E-state index contributed by atoms with van der Waals surface area (Å²) in [5.74, 6) is -0.868. The van der Waals surface area contributed by atoms with Crippen molar-refractivity contribution in [1.29, 1.82) is 0 Å². The van der Waals surface area contributed by atoms with Gasteiger partial charge in [-0.15, -0.1) is 0 Å². The Morgan fingerprint density at radius 1 is 1.53 bits per heavy atom. The van der Waals surface area contributed by atoms with Gasteiger partial charge in [0.25, 0.3) is 5.91 Å². The summed E-state index contributed by atoms with van der Waals surface area (Å²) in [6.07, 6.45) is 3.55. The molecule has 0 unspecified atom stereocenters. The van der Waals surface area contributed by atoms with Crippen LogP contribution in [0, 0.1) is 5.92 Å². The molecule has 1 aliphatic heterocycles. The number of urea groups is 1. The highest BCUT2D eigenvalue weighted by atomic mass is 16.2. The van der Waals surface area contributed by atoms with Crippen LogP contribution in [0.1, 0.15) is 32.6 Å². The molecule has 6 nitrogen and oxygen atoms in total. The third kappa shape index (κ3) is 1.77. The predicted octanol–water partition coefficient (Wildman–Crippen LogP) is -0.0276. The van der Waals surface area contributed by atoms with Gasteiger partial charge in [-0.05, 0) is 18.8 Å². The number of primary amides is 1. The molecular weight excluding hydrogens is 222 g/mol. The van der Waals surface area contributed by atoms with Crippen LogP contribution in [0.15, 0.2) is 0 Å². The molecule has 2 atom stereocenters. The van der Waals surface area contributed by atoms with Gasteiger partial charge < -0.3 is 11.1 Å². The fourth-order valence-electron chi connectivity index (χ4n) is 2.79. The number of nitrogens with one attached hydrogen (secondary N) is 1. The van der Waals surface area contributed by atoms with E-state index in [4.69, 9.17) is 5.73 Å². The molecule has 1 aliphatic carbocycles. The molecule has 0 aromatic carbocycles. The van der Waals surface area contributed by atoms with E-state index in [1.807, 2.05) is 6.92 Å². The lowest BCUT2D eigenvalue weighted by atomic mass is 9.73. The van der Waals surface area contributed by atoms with E-state index in [1.165, 1.54) is 0 Å². The number of imide groups is 1. The Kier molecular flexibility index (Phi) is 2.81. The maximum atomic E-state index is 12.3. The summed E-state index contributed by atoms with van der Waals surface area (Å²) in [6.45, 7) is 1.63. The number of nitrogens with two attached hydrogens (primary N) is 1. The van der Waals surface area contributed by atoms with Crippen LogP contribution in [0.5, 0.6) is 0 Å². The minimum Gasteiger partial charge on any atom is -0.368 e. The summed E-state index contributed by atoms with van der Waals surface area (Å²) in [5.41, 5.74) is 4.24. The Balaban J connectivity index is 2.24. The zero-order valence-corrected chi connectivity index (χ0v) is 9.86. The van der Waals surface area contributed by atoms with Gasteiger partial charge in [0.2, 0.25) is 5.91 Å². The van der Waals surface area contributed by atoms with Crippen molar-refractivity contribution in [2.24, 2.45) is 11.7 Å². The molecular formula is C11H17N3O3. The average molecular weight is 239 g/mol. The second kappa shape index (κ2) is 4.01. The third-order valence-corrected chi connectivity index (χ3v) is 3.82. The van der Waals surface area contributed by atoms with E-state index in [1.54, 1.807) is 0 Å². The average Bonchev–Trinajstić information content (AvgIpc) is 2.48. The highest BCUT2D eigenvalue weighted by molar-refractivity contribution is 6.09. The van der Waals surface area contributed by atoms with Crippen molar-refractivity contribution in [2.45, 2.75) is 38.1 Å². The Labute approximate surface area is 99.5 Å². The van der Waals surface area contributed by atoms with Crippen molar-refractivity contribution >= 4 is 17.8 Å². The minimum atomic E-state index is -0.801. The van der Waals surface area contributed by atoms with Crippen molar-refractivity contribution in [1.82, 2.24) is 10.2 Å². The molecule has 4 amide bonds. The molecule has 17 heavy (non-hydrogen) atoms. The van der Waals surface area contributed by atoms with E-state index < -0.39 is 17.5 Å². The van der Waals surface area contributed by atoms with Gasteiger partial charge in [0.15, 0.2) is 0 Å². The van der Waals surface area contributed by atoms with Gasteiger partial charge in [0, 0.05) is 0 Å². The van der Waals surface area contributed by atoms with Gasteiger partial charge in [-0.2, -0.15) is 0 Å². The van der Waals surface area contributed by atoms with E-state index in [0.29, 0.717) is 6.42 Å². The van der Waals surface area contributed by atoms with Crippen LogP contribution >= 0.6 is 0 Å². The number of hydrogen-bond acceptors (Lipinski definition) is 3. The van der Waals surface area contributed by atoms with Gasteiger partial charge in [-0.25, -0.2) is 4.79 Å². The molecule has 0 aromatic heterocycles. The second-order valence-electron chi connectivity index (χ2n) is 4.91. The van der Waals surface area contributed by atoms with Crippen LogP contribution in [0.25, 0.3) is 0 Å². The molecule has 1 saturated carbocycles. The SMILES string of the molecule is C[C@@H]1CCCC[C@@]12NC(=O)N(CC(N)=O)C2=O. The van der Waals surface area contributed by atoms with E-state index in [0.717, 1.165) is 24.2 Å². The Bertz CT molecular complexity index is 382. The first-order chi connectivity index (χ1) is 7.97. The van der Waals surface area contributed by atoms with Gasteiger partial charge in [-0.1, -0.05) is 19.8 Å². The van der Waals surface area contributed by atoms with E-state index >= 15 is 0 Å². The number of hydrogen-bond donors (Lipinski definition) is 2. The highest BCUT2D eigenvalue weighted by Gasteiger charge is 2.54. The Morgan fingerprint density at radius 3 is 2.82 bits per heavy atom. The second-order valence-corrected chi connectivity index (χ2v) is 4.91. The zero-order chi connectivity index (χ0) is 12.6. The normalized spacial score (nSPS) is 33.0. The van der Waals surface area contributed by atoms with Crippen molar-refractivity contribution in [3.05, 3.63) is 0 Å². The first-order valence-corrected chi connectivity index (χ1v) is 5.90. The van der Waals surface area contributed by atoms with Gasteiger partial charge in [0.05, 0.1) is 0 Å². The lowest BCUT2D eigenvalue weighted by Gasteiger charge is -2.36. The molecule has 0 aromatic rings. The molecule has 0 radical (unpaired) electrons. The van der Waals surface area contributed by atoms with E-state index in [2.05, 4.69) is 5.32 Å². The van der Waals surface area contributed by atoms with Crippen LogP contribution in [0.3, 0.4) is 0 Å². The number of carbonyl (C=O) groups excluding carboxylic acids is 3. The van der Waals surface area contributed by atoms with Crippen molar-refractivity contribution in [3.63, 3.8) is 0 Å². The fraction of sp³-hybridized carbons (Fsp3) is 0.727. The van der Waals surface area contributed by atoms with Crippen LogP contribution in [0.4, 0.5) is 4.79 Å². The summed E-state index contributed by atoms with van der Waals surface area (Å²) in [5, 5.41) is 2.75. The molecule has 2 fully saturated rings. The van der Waals surface area contributed by atoms with Gasteiger partial charge >= 0.3 is 6.03 Å². The topological polar surface area (TPSA) is 92.5 Å². The molecule has 94 valence electrons. The first kappa shape index (κ1) is 11.9. The van der Waals surface area contributed by atoms with Crippen LogP contribution < -0.4 is 11.1 Å². The summed E-state index contributed by atoms with van der Waals surface area (Å²) in [4.78, 5) is 35.8. The smallest absolute Gasteiger partial charge is 0.325 e.